The van der Waals surface area contributed by atoms with E-state index in [2.05, 4.69) is 10.6 Å². The molecule has 1 aliphatic rings. The minimum Gasteiger partial charge on any atom is -0.348 e. The van der Waals surface area contributed by atoms with E-state index >= 15 is 0 Å². The minimum atomic E-state index is -0.516. The molecule has 0 bridgehead atoms. The van der Waals surface area contributed by atoms with Crippen molar-refractivity contribution in [1.29, 1.82) is 0 Å². The summed E-state index contributed by atoms with van der Waals surface area (Å²) in [6.45, 7) is 1.66. The Kier molecular flexibility index (Phi) is 6.94. The van der Waals surface area contributed by atoms with Gasteiger partial charge in [-0.05, 0) is 37.8 Å². The van der Waals surface area contributed by atoms with E-state index in [1.54, 1.807) is 12.1 Å². The average Bonchev–Trinajstić information content (AvgIpc) is 2.47. The number of nitrogens with one attached hydrogen (secondary N) is 2. The van der Waals surface area contributed by atoms with E-state index in [1.807, 2.05) is 6.26 Å². The molecule has 1 aromatic rings. The summed E-state index contributed by atoms with van der Waals surface area (Å²) in [4.78, 5) is 23.6. The zero-order valence-corrected chi connectivity index (χ0v) is 13.3. The molecule has 2 rings (SSSR count). The number of halogens is 1. The smallest absolute Gasteiger partial charge is 0.282 e. The molecule has 116 valence electrons. The van der Waals surface area contributed by atoms with Crippen LogP contribution < -0.4 is 10.6 Å². The normalized spacial score (nSPS) is 17.7. The number of hydrogen-bond acceptors (Lipinski definition) is 5. The first-order valence-corrected chi connectivity index (χ1v) is 7.68. The molecule has 0 aromatic heterocycles. The van der Waals surface area contributed by atoms with Crippen LogP contribution in [-0.4, -0.2) is 36.2 Å². The van der Waals surface area contributed by atoms with Crippen molar-refractivity contribution in [3.8, 4) is 0 Å². The van der Waals surface area contributed by atoms with Gasteiger partial charge < -0.3 is 10.6 Å². The Morgan fingerprint density at radius 1 is 1.52 bits per heavy atom. The molecule has 21 heavy (non-hydrogen) atoms. The molecule has 0 saturated carbocycles. The number of amides is 1. The van der Waals surface area contributed by atoms with Crippen LogP contribution in [0.25, 0.3) is 0 Å². The maximum atomic E-state index is 12.3. The van der Waals surface area contributed by atoms with Crippen LogP contribution in [0.1, 0.15) is 23.2 Å². The molecule has 1 saturated heterocycles. The Bertz CT molecular complexity index is 521. The number of carbonyl (C=O) groups is 1. The number of carbonyl (C=O) groups excluding carboxylic acids is 1. The van der Waals surface area contributed by atoms with Gasteiger partial charge in [0.1, 0.15) is 5.56 Å². The summed E-state index contributed by atoms with van der Waals surface area (Å²) in [5, 5.41) is 17.1. The van der Waals surface area contributed by atoms with Crippen LogP contribution >= 0.6 is 24.2 Å². The topological polar surface area (TPSA) is 84.3 Å². The van der Waals surface area contributed by atoms with Crippen LogP contribution in [0.3, 0.4) is 0 Å². The third-order valence-electron chi connectivity index (χ3n) is 3.28. The molecule has 1 aromatic carbocycles. The zero-order valence-electron chi connectivity index (χ0n) is 11.6. The molecule has 6 nitrogen and oxygen atoms in total. The molecule has 1 fully saturated rings. The van der Waals surface area contributed by atoms with Crippen LogP contribution in [-0.2, 0) is 0 Å². The van der Waals surface area contributed by atoms with E-state index in [0.29, 0.717) is 6.54 Å². The monoisotopic (exact) mass is 331 g/mol. The van der Waals surface area contributed by atoms with E-state index in [-0.39, 0.29) is 35.6 Å². The summed E-state index contributed by atoms with van der Waals surface area (Å²) < 4.78 is 0. The van der Waals surface area contributed by atoms with Gasteiger partial charge in [0.25, 0.3) is 11.6 Å². The third-order valence-corrected chi connectivity index (χ3v) is 4.00. The van der Waals surface area contributed by atoms with E-state index in [4.69, 9.17) is 0 Å². The lowest BCUT2D eigenvalue weighted by atomic mass is 10.1. The predicted octanol–water partition coefficient (Wildman–Crippen LogP) is 2.22. The summed E-state index contributed by atoms with van der Waals surface area (Å²) >= 11 is 1.45. The summed E-state index contributed by atoms with van der Waals surface area (Å²) in [7, 11) is 0. The van der Waals surface area contributed by atoms with Crippen LogP contribution in [0.5, 0.6) is 0 Å². The SMILES string of the molecule is CSc1ccc([N+](=O)[O-])c(C(=O)N[C@H]2CCCNC2)c1.Cl. The molecule has 0 spiro atoms. The Hall–Kier alpha value is -1.31. The summed E-state index contributed by atoms with van der Waals surface area (Å²) in [6.07, 6.45) is 3.76. The molecule has 0 unspecified atom stereocenters. The van der Waals surface area contributed by atoms with Crippen molar-refractivity contribution in [1.82, 2.24) is 10.6 Å². The van der Waals surface area contributed by atoms with Crippen molar-refractivity contribution in [3.05, 3.63) is 33.9 Å². The maximum Gasteiger partial charge on any atom is 0.282 e. The lowest BCUT2D eigenvalue weighted by Crippen LogP contribution is -2.45. The van der Waals surface area contributed by atoms with Crippen molar-refractivity contribution in [3.63, 3.8) is 0 Å². The Balaban J connectivity index is 0.00000220. The minimum absolute atomic E-state index is 0. The van der Waals surface area contributed by atoms with E-state index in [1.165, 1.54) is 17.8 Å². The number of piperidine rings is 1. The Labute approximate surface area is 133 Å². The van der Waals surface area contributed by atoms with E-state index in [9.17, 15) is 14.9 Å². The van der Waals surface area contributed by atoms with Crippen LogP contribution in [0.4, 0.5) is 5.69 Å². The first-order valence-electron chi connectivity index (χ1n) is 6.46. The molecule has 1 aliphatic heterocycles. The first kappa shape index (κ1) is 17.7. The fourth-order valence-electron chi connectivity index (χ4n) is 2.22. The first-order chi connectivity index (χ1) is 9.61. The van der Waals surface area contributed by atoms with Crippen molar-refractivity contribution < 1.29 is 9.72 Å². The molecular weight excluding hydrogens is 314 g/mol. The molecule has 0 radical (unpaired) electrons. The van der Waals surface area contributed by atoms with E-state index < -0.39 is 4.92 Å². The van der Waals surface area contributed by atoms with Crippen molar-refractivity contribution in [2.45, 2.75) is 23.8 Å². The number of nitro benzene ring substituents is 1. The molecule has 2 N–H and O–H groups in total. The Morgan fingerprint density at radius 2 is 2.29 bits per heavy atom. The lowest BCUT2D eigenvalue weighted by molar-refractivity contribution is -0.385. The average molecular weight is 332 g/mol. The number of benzene rings is 1. The number of thioether (sulfide) groups is 1. The number of rotatable bonds is 4. The third kappa shape index (κ3) is 4.59. The van der Waals surface area contributed by atoms with Gasteiger partial charge in [-0.3, -0.25) is 14.9 Å². The Morgan fingerprint density at radius 3 is 2.86 bits per heavy atom. The van der Waals surface area contributed by atoms with E-state index in [0.717, 1.165) is 24.3 Å². The van der Waals surface area contributed by atoms with Gasteiger partial charge in [-0.1, -0.05) is 0 Å². The summed E-state index contributed by atoms with van der Waals surface area (Å²) in [5.74, 6) is -0.374. The largest absolute Gasteiger partial charge is 0.348 e. The number of nitrogens with zero attached hydrogens (tertiary/aromatic N) is 1. The van der Waals surface area contributed by atoms with Crippen LogP contribution in [0, 0.1) is 10.1 Å². The highest BCUT2D eigenvalue weighted by Crippen LogP contribution is 2.25. The maximum absolute atomic E-state index is 12.3. The van der Waals surface area contributed by atoms with Crippen molar-refractivity contribution in [2.75, 3.05) is 19.3 Å². The number of hydrogen-bond donors (Lipinski definition) is 2. The number of nitro groups is 1. The highest BCUT2D eigenvalue weighted by Gasteiger charge is 2.23. The van der Waals surface area contributed by atoms with Gasteiger partial charge >= 0.3 is 0 Å². The van der Waals surface area contributed by atoms with Crippen LogP contribution in [0.2, 0.25) is 0 Å². The van der Waals surface area contributed by atoms with Gasteiger partial charge in [0.15, 0.2) is 0 Å². The standard InChI is InChI=1S/C13H17N3O3S.ClH/c1-20-10-4-5-12(16(18)19)11(7-10)13(17)15-9-3-2-6-14-8-9;/h4-5,7,9,14H,2-3,6,8H2,1H3,(H,15,17);1H/t9-;/m0./s1. The van der Waals surface area contributed by atoms with Gasteiger partial charge in [0, 0.05) is 23.5 Å². The second-order valence-electron chi connectivity index (χ2n) is 4.66. The van der Waals surface area contributed by atoms with Gasteiger partial charge in [0.2, 0.25) is 0 Å². The van der Waals surface area contributed by atoms with Gasteiger partial charge in [-0.15, -0.1) is 24.2 Å². The lowest BCUT2D eigenvalue weighted by Gasteiger charge is -2.23. The van der Waals surface area contributed by atoms with Crippen molar-refractivity contribution >= 4 is 35.8 Å². The summed E-state index contributed by atoms with van der Waals surface area (Å²) in [6, 6.07) is 4.66. The van der Waals surface area contributed by atoms with Gasteiger partial charge in [0.05, 0.1) is 4.92 Å². The highest BCUT2D eigenvalue weighted by molar-refractivity contribution is 7.98. The summed E-state index contributed by atoms with van der Waals surface area (Å²) in [5.41, 5.74) is -0.0171. The molecule has 8 heteroatoms. The molecule has 0 aliphatic carbocycles. The predicted molar refractivity (Wildman–Crippen MR) is 85.5 cm³/mol. The second kappa shape index (κ2) is 8.21. The molecule has 1 heterocycles. The fourth-order valence-corrected chi connectivity index (χ4v) is 2.66. The van der Waals surface area contributed by atoms with Crippen molar-refractivity contribution in [2.24, 2.45) is 0 Å². The molecule has 1 atom stereocenters. The van der Waals surface area contributed by atoms with Crippen LogP contribution in [0.15, 0.2) is 23.1 Å². The quantitative estimate of drug-likeness (QED) is 0.502. The molecule has 1 amide bonds. The fraction of sp³-hybridized carbons (Fsp3) is 0.462. The second-order valence-corrected chi connectivity index (χ2v) is 5.54. The van der Waals surface area contributed by atoms with Gasteiger partial charge in [-0.2, -0.15) is 0 Å². The zero-order chi connectivity index (χ0) is 14.5. The highest BCUT2D eigenvalue weighted by atomic mass is 35.5. The molecular formula is C13H18ClN3O3S. The van der Waals surface area contributed by atoms with Gasteiger partial charge in [-0.25, -0.2) is 0 Å².